The Labute approximate surface area is 91.2 Å². The van der Waals surface area contributed by atoms with Crippen molar-refractivity contribution in [2.24, 2.45) is 0 Å². The van der Waals surface area contributed by atoms with E-state index in [-0.39, 0.29) is 5.78 Å². The summed E-state index contributed by atoms with van der Waals surface area (Å²) < 4.78 is 0. The van der Waals surface area contributed by atoms with E-state index in [4.69, 9.17) is 0 Å². The average molecular weight is 203 g/mol. The van der Waals surface area contributed by atoms with Gasteiger partial charge in [0, 0.05) is 31.4 Å². The zero-order chi connectivity index (χ0) is 11.4. The highest BCUT2D eigenvalue weighted by atomic mass is 16.1. The highest BCUT2D eigenvalue weighted by Crippen LogP contribution is 2.07. The van der Waals surface area contributed by atoms with Crippen LogP contribution in [0.2, 0.25) is 0 Å². The van der Waals surface area contributed by atoms with E-state index in [0.717, 1.165) is 11.3 Å². The number of carbonyl (C=O) groups is 1. The minimum atomic E-state index is 0.0567. The van der Waals surface area contributed by atoms with Gasteiger partial charge in [-0.2, -0.15) is 0 Å². The molecule has 2 heteroatoms. The smallest absolute Gasteiger partial charge is 0.187 e. The molecule has 1 rings (SSSR count). The van der Waals surface area contributed by atoms with Crippen molar-refractivity contribution in [2.45, 2.75) is 13.8 Å². The molecule has 0 saturated heterocycles. The summed E-state index contributed by atoms with van der Waals surface area (Å²) in [5, 5.41) is 0. The van der Waals surface area contributed by atoms with Crippen molar-refractivity contribution in [3.8, 4) is 0 Å². The van der Waals surface area contributed by atoms with Crippen LogP contribution in [0.15, 0.2) is 36.0 Å². The van der Waals surface area contributed by atoms with Crippen LogP contribution in [0.3, 0.4) is 0 Å². The molecule has 0 saturated carbocycles. The van der Waals surface area contributed by atoms with E-state index < -0.39 is 0 Å². The summed E-state index contributed by atoms with van der Waals surface area (Å²) in [5.74, 6) is 0.0567. The number of aryl methyl sites for hydroxylation is 1. The van der Waals surface area contributed by atoms with Gasteiger partial charge in [-0.05, 0) is 13.8 Å². The molecule has 0 spiro atoms. The van der Waals surface area contributed by atoms with Gasteiger partial charge in [-0.1, -0.05) is 29.8 Å². The van der Waals surface area contributed by atoms with E-state index >= 15 is 0 Å². The molecule has 0 aliphatic carbocycles. The zero-order valence-electron chi connectivity index (χ0n) is 9.74. The second-order valence-corrected chi connectivity index (χ2v) is 3.91. The summed E-state index contributed by atoms with van der Waals surface area (Å²) in [6, 6.07) is 7.62. The van der Waals surface area contributed by atoms with Gasteiger partial charge in [-0.15, -0.1) is 0 Å². The average Bonchev–Trinajstić information content (AvgIpc) is 2.18. The fourth-order valence-electron chi connectivity index (χ4n) is 1.12. The lowest BCUT2D eigenvalue weighted by molar-refractivity contribution is 0.104. The van der Waals surface area contributed by atoms with E-state index in [1.807, 2.05) is 57.1 Å². The van der Waals surface area contributed by atoms with Crippen molar-refractivity contribution in [3.63, 3.8) is 0 Å². The Morgan fingerprint density at radius 1 is 1.20 bits per heavy atom. The molecule has 0 heterocycles. The Balaban J connectivity index is 2.86. The lowest BCUT2D eigenvalue weighted by Gasteiger charge is -2.11. The maximum absolute atomic E-state index is 11.8. The number of hydrogen-bond acceptors (Lipinski definition) is 2. The third-order valence-corrected chi connectivity index (χ3v) is 2.38. The molecule has 0 unspecified atom stereocenters. The van der Waals surface area contributed by atoms with Gasteiger partial charge < -0.3 is 4.90 Å². The van der Waals surface area contributed by atoms with Crippen LogP contribution in [0.5, 0.6) is 0 Å². The lowest BCUT2D eigenvalue weighted by atomic mass is 10.1. The molecule has 1 aromatic carbocycles. The van der Waals surface area contributed by atoms with Crippen molar-refractivity contribution >= 4 is 5.78 Å². The minimum absolute atomic E-state index is 0.0567. The molecule has 0 amide bonds. The van der Waals surface area contributed by atoms with Crippen LogP contribution in [0.25, 0.3) is 0 Å². The van der Waals surface area contributed by atoms with E-state index in [1.54, 1.807) is 6.08 Å². The third-order valence-electron chi connectivity index (χ3n) is 2.38. The van der Waals surface area contributed by atoms with Crippen molar-refractivity contribution in [1.82, 2.24) is 4.90 Å². The Morgan fingerprint density at radius 3 is 2.20 bits per heavy atom. The molecule has 1 aromatic rings. The fraction of sp³-hybridized carbons (Fsp3) is 0.308. The first-order chi connectivity index (χ1) is 7.00. The van der Waals surface area contributed by atoms with Crippen molar-refractivity contribution in [1.29, 1.82) is 0 Å². The predicted octanol–water partition coefficient (Wildman–Crippen LogP) is 2.64. The Hall–Kier alpha value is -1.57. The quantitative estimate of drug-likeness (QED) is 0.556. The zero-order valence-corrected chi connectivity index (χ0v) is 9.74. The molecule has 0 aromatic heterocycles. The van der Waals surface area contributed by atoms with E-state index in [0.29, 0.717) is 0 Å². The maximum atomic E-state index is 11.8. The number of hydrogen-bond donors (Lipinski definition) is 0. The standard InChI is InChI=1S/C13H17NO/c1-10-5-7-12(8-6-10)13(15)9-11(2)14(3)4/h5-9H,1-4H3/b11-9-. The number of rotatable bonds is 3. The first-order valence-electron chi connectivity index (χ1n) is 4.97. The second kappa shape index (κ2) is 4.78. The Morgan fingerprint density at radius 2 is 1.73 bits per heavy atom. The van der Waals surface area contributed by atoms with Crippen molar-refractivity contribution < 1.29 is 4.79 Å². The van der Waals surface area contributed by atoms with Crippen LogP contribution >= 0.6 is 0 Å². The maximum Gasteiger partial charge on any atom is 0.187 e. The first kappa shape index (κ1) is 11.5. The Kier molecular flexibility index (Phi) is 3.67. The SMILES string of the molecule is C/C(=C/C(=O)c1ccc(C)cc1)N(C)C. The monoisotopic (exact) mass is 203 g/mol. The van der Waals surface area contributed by atoms with Gasteiger partial charge >= 0.3 is 0 Å². The van der Waals surface area contributed by atoms with Gasteiger partial charge in [0.1, 0.15) is 0 Å². The highest BCUT2D eigenvalue weighted by molar-refractivity contribution is 6.04. The molecule has 0 N–H and O–H groups in total. The summed E-state index contributed by atoms with van der Waals surface area (Å²) in [6.07, 6.45) is 1.66. The summed E-state index contributed by atoms with van der Waals surface area (Å²) in [5.41, 5.74) is 2.86. The number of carbonyl (C=O) groups excluding carboxylic acids is 1. The summed E-state index contributed by atoms with van der Waals surface area (Å²) in [6.45, 7) is 3.93. The van der Waals surface area contributed by atoms with Crippen LogP contribution < -0.4 is 0 Å². The van der Waals surface area contributed by atoms with E-state index in [9.17, 15) is 4.79 Å². The molecular weight excluding hydrogens is 186 g/mol. The number of allylic oxidation sites excluding steroid dienone is 2. The van der Waals surface area contributed by atoms with Gasteiger partial charge in [0.25, 0.3) is 0 Å². The molecule has 0 radical (unpaired) electrons. The van der Waals surface area contributed by atoms with Crippen LogP contribution in [-0.2, 0) is 0 Å². The normalized spacial score (nSPS) is 11.3. The highest BCUT2D eigenvalue weighted by Gasteiger charge is 2.03. The first-order valence-corrected chi connectivity index (χ1v) is 4.97. The fourth-order valence-corrected chi connectivity index (χ4v) is 1.12. The van der Waals surface area contributed by atoms with Crippen molar-refractivity contribution in [3.05, 3.63) is 47.2 Å². The molecule has 0 aliphatic heterocycles. The topological polar surface area (TPSA) is 20.3 Å². The second-order valence-electron chi connectivity index (χ2n) is 3.91. The number of ketones is 1. The molecule has 0 atom stereocenters. The Bertz CT molecular complexity index is 374. The molecule has 80 valence electrons. The predicted molar refractivity (Wildman–Crippen MR) is 63.0 cm³/mol. The van der Waals surface area contributed by atoms with Crippen LogP contribution in [0.4, 0.5) is 0 Å². The minimum Gasteiger partial charge on any atom is -0.381 e. The summed E-state index contributed by atoms with van der Waals surface area (Å²) >= 11 is 0. The van der Waals surface area contributed by atoms with Gasteiger partial charge in [-0.3, -0.25) is 4.79 Å². The molecule has 0 aliphatic rings. The van der Waals surface area contributed by atoms with E-state index in [2.05, 4.69) is 0 Å². The molecule has 0 bridgehead atoms. The van der Waals surface area contributed by atoms with Crippen molar-refractivity contribution in [2.75, 3.05) is 14.1 Å². The van der Waals surface area contributed by atoms with Crippen LogP contribution in [0.1, 0.15) is 22.8 Å². The molecule has 2 nitrogen and oxygen atoms in total. The van der Waals surface area contributed by atoms with E-state index in [1.165, 1.54) is 5.56 Å². The molecule has 15 heavy (non-hydrogen) atoms. The molecular formula is C13H17NO. The van der Waals surface area contributed by atoms with Crippen LogP contribution in [0, 0.1) is 6.92 Å². The summed E-state index contributed by atoms with van der Waals surface area (Å²) in [7, 11) is 3.85. The largest absolute Gasteiger partial charge is 0.381 e. The number of benzene rings is 1. The number of nitrogens with zero attached hydrogens (tertiary/aromatic N) is 1. The molecule has 0 fully saturated rings. The van der Waals surface area contributed by atoms with Gasteiger partial charge in [0.15, 0.2) is 5.78 Å². The van der Waals surface area contributed by atoms with Crippen LogP contribution in [-0.4, -0.2) is 24.8 Å². The lowest BCUT2D eigenvalue weighted by Crippen LogP contribution is -2.10. The summed E-state index contributed by atoms with van der Waals surface area (Å²) in [4.78, 5) is 13.7. The third kappa shape index (κ3) is 3.24. The van der Waals surface area contributed by atoms with Gasteiger partial charge in [0.2, 0.25) is 0 Å². The van der Waals surface area contributed by atoms with Gasteiger partial charge in [0.05, 0.1) is 0 Å². The van der Waals surface area contributed by atoms with Gasteiger partial charge in [-0.25, -0.2) is 0 Å².